The normalized spacial score (nSPS) is 10.8. The quantitative estimate of drug-likeness (QED) is 0.677. The molecule has 0 bridgehead atoms. The molecule has 6 nitrogen and oxygen atoms in total. The lowest BCUT2D eigenvalue weighted by atomic mass is 10.2. The minimum Gasteiger partial charge on any atom is -0.325 e. The standard InChI is InChI=1S/C12H11N5OS/c13-4-10-15-9(6-19-10)12(18)16-8-3-1-2-7-5-14-17-11(7)8/h1-3,5-6H,4,13H2,(H,14,17)(H,16,18). The van der Waals surface area contributed by atoms with Gasteiger partial charge in [-0.1, -0.05) is 12.1 Å². The van der Waals surface area contributed by atoms with Crippen molar-refractivity contribution in [1.29, 1.82) is 0 Å². The van der Waals surface area contributed by atoms with E-state index >= 15 is 0 Å². The molecule has 0 atom stereocenters. The third-order valence-electron chi connectivity index (χ3n) is 2.68. The van der Waals surface area contributed by atoms with E-state index in [1.54, 1.807) is 11.6 Å². The fourth-order valence-corrected chi connectivity index (χ4v) is 2.42. The van der Waals surface area contributed by atoms with Crippen LogP contribution in [-0.2, 0) is 6.54 Å². The number of anilines is 1. The predicted molar refractivity (Wildman–Crippen MR) is 74.1 cm³/mol. The van der Waals surface area contributed by atoms with Crippen molar-refractivity contribution in [3.05, 3.63) is 40.5 Å². The molecule has 2 heterocycles. The van der Waals surface area contributed by atoms with E-state index in [0.717, 1.165) is 15.9 Å². The van der Waals surface area contributed by atoms with Gasteiger partial charge in [0.2, 0.25) is 0 Å². The smallest absolute Gasteiger partial charge is 0.275 e. The first-order valence-electron chi connectivity index (χ1n) is 5.66. The zero-order valence-corrected chi connectivity index (χ0v) is 10.7. The fourth-order valence-electron chi connectivity index (χ4n) is 1.77. The van der Waals surface area contributed by atoms with Gasteiger partial charge in [0.15, 0.2) is 0 Å². The number of hydrogen-bond acceptors (Lipinski definition) is 5. The average molecular weight is 273 g/mol. The molecule has 1 aromatic carbocycles. The van der Waals surface area contributed by atoms with E-state index in [2.05, 4.69) is 20.5 Å². The number of fused-ring (bicyclic) bond motifs is 1. The van der Waals surface area contributed by atoms with E-state index in [9.17, 15) is 4.79 Å². The third-order valence-corrected chi connectivity index (χ3v) is 3.56. The average Bonchev–Trinajstić information content (AvgIpc) is 3.08. The molecule has 0 aliphatic rings. The number of nitrogens with one attached hydrogen (secondary N) is 2. The molecule has 0 saturated carbocycles. The van der Waals surface area contributed by atoms with E-state index in [4.69, 9.17) is 5.73 Å². The minimum atomic E-state index is -0.252. The highest BCUT2D eigenvalue weighted by molar-refractivity contribution is 7.09. The molecule has 0 radical (unpaired) electrons. The van der Waals surface area contributed by atoms with Crippen LogP contribution in [0.15, 0.2) is 29.8 Å². The number of nitrogens with two attached hydrogens (primary N) is 1. The van der Waals surface area contributed by atoms with Gasteiger partial charge < -0.3 is 11.1 Å². The molecule has 4 N–H and O–H groups in total. The number of benzene rings is 1. The van der Waals surface area contributed by atoms with Crippen molar-refractivity contribution in [3.63, 3.8) is 0 Å². The van der Waals surface area contributed by atoms with Gasteiger partial charge in [-0.15, -0.1) is 11.3 Å². The molecule has 19 heavy (non-hydrogen) atoms. The Morgan fingerprint density at radius 3 is 3.16 bits per heavy atom. The van der Waals surface area contributed by atoms with Gasteiger partial charge >= 0.3 is 0 Å². The van der Waals surface area contributed by atoms with Crippen molar-refractivity contribution in [2.24, 2.45) is 5.73 Å². The number of H-pyrrole nitrogens is 1. The van der Waals surface area contributed by atoms with Crippen LogP contribution >= 0.6 is 11.3 Å². The minimum absolute atomic E-state index is 0.252. The number of amides is 1. The van der Waals surface area contributed by atoms with Crippen LogP contribution in [0.1, 0.15) is 15.5 Å². The summed E-state index contributed by atoms with van der Waals surface area (Å²) in [4.78, 5) is 16.2. The summed E-state index contributed by atoms with van der Waals surface area (Å²) in [6.07, 6.45) is 1.71. The number of nitrogens with zero attached hydrogens (tertiary/aromatic N) is 2. The number of aromatic amines is 1. The van der Waals surface area contributed by atoms with E-state index in [1.807, 2.05) is 18.2 Å². The van der Waals surface area contributed by atoms with Gasteiger partial charge in [0.05, 0.1) is 17.4 Å². The number of hydrogen-bond donors (Lipinski definition) is 3. The molecule has 96 valence electrons. The maximum Gasteiger partial charge on any atom is 0.275 e. The summed E-state index contributed by atoms with van der Waals surface area (Å²) >= 11 is 1.38. The molecule has 0 unspecified atom stereocenters. The lowest BCUT2D eigenvalue weighted by molar-refractivity contribution is 0.102. The number of rotatable bonds is 3. The molecule has 0 aliphatic carbocycles. The van der Waals surface area contributed by atoms with Gasteiger partial charge in [-0.2, -0.15) is 5.10 Å². The van der Waals surface area contributed by atoms with Gasteiger partial charge in [0, 0.05) is 17.3 Å². The van der Waals surface area contributed by atoms with Gasteiger partial charge in [0.1, 0.15) is 10.7 Å². The summed E-state index contributed by atoms with van der Waals surface area (Å²) in [7, 11) is 0. The molecule has 2 aromatic heterocycles. The van der Waals surface area contributed by atoms with Crippen LogP contribution in [0, 0.1) is 0 Å². The Morgan fingerprint density at radius 1 is 1.47 bits per heavy atom. The Balaban J connectivity index is 1.88. The molecule has 1 amide bonds. The molecular weight excluding hydrogens is 262 g/mol. The van der Waals surface area contributed by atoms with Gasteiger partial charge in [-0.3, -0.25) is 9.89 Å². The van der Waals surface area contributed by atoms with E-state index in [0.29, 0.717) is 17.9 Å². The van der Waals surface area contributed by atoms with Crippen molar-refractivity contribution in [3.8, 4) is 0 Å². The second-order valence-corrected chi connectivity index (χ2v) is 4.87. The maximum absolute atomic E-state index is 12.1. The topological polar surface area (TPSA) is 96.7 Å². The molecule has 0 saturated heterocycles. The molecule has 0 aliphatic heterocycles. The van der Waals surface area contributed by atoms with Crippen LogP contribution in [0.4, 0.5) is 5.69 Å². The molecular formula is C12H11N5OS. The van der Waals surface area contributed by atoms with Crippen molar-refractivity contribution >= 4 is 33.8 Å². The Labute approximate surface area is 112 Å². The van der Waals surface area contributed by atoms with Crippen LogP contribution < -0.4 is 11.1 Å². The van der Waals surface area contributed by atoms with Crippen LogP contribution in [0.3, 0.4) is 0 Å². The zero-order chi connectivity index (χ0) is 13.2. The summed E-state index contributed by atoms with van der Waals surface area (Å²) < 4.78 is 0. The van der Waals surface area contributed by atoms with Gasteiger partial charge in [-0.05, 0) is 6.07 Å². The Hall–Kier alpha value is -2.25. The van der Waals surface area contributed by atoms with Crippen molar-refractivity contribution < 1.29 is 4.79 Å². The van der Waals surface area contributed by atoms with Crippen LogP contribution in [-0.4, -0.2) is 21.1 Å². The highest BCUT2D eigenvalue weighted by Crippen LogP contribution is 2.21. The zero-order valence-electron chi connectivity index (χ0n) is 9.88. The van der Waals surface area contributed by atoms with Crippen LogP contribution in [0.5, 0.6) is 0 Å². The molecule has 0 spiro atoms. The van der Waals surface area contributed by atoms with E-state index in [1.165, 1.54) is 11.3 Å². The predicted octanol–water partition coefficient (Wildman–Crippen LogP) is 1.73. The van der Waals surface area contributed by atoms with Crippen molar-refractivity contribution in [2.45, 2.75) is 6.54 Å². The first-order chi connectivity index (χ1) is 9.28. The fraction of sp³-hybridized carbons (Fsp3) is 0.0833. The summed E-state index contributed by atoms with van der Waals surface area (Å²) in [6, 6.07) is 5.60. The lowest BCUT2D eigenvalue weighted by Crippen LogP contribution is -2.13. The Kier molecular flexibility index (Phi) is 2.98. The highest BCUT2D eigenvalue weighted by Gasteiger charge is 2.12. The van der Waals surface area contributed by atoms with Crippen LogP contribution in [0.2, 0.25) is 0 Å². The maximum atomic E-state index is 12.1. The SMILES string of the molecule is NCc1nc(C(=O)Nc2cccc3cn[nH]c23)cs1. The first-order valence-corrected chi connectivity index (χ1v) is 6.54. The van der Waals surface area contributed by atoms with Crippen molar-refractivity contribution in [1.82, 2.24) is 15.2 Å². The Bertz CT molecular complexity index is 732. The second kappa shape index (κ2) is 4.79. The van der Waals surface area contributed by atoms with Crippen molar-refractivity contribution in [2.75, 3.05) is 5.32 Å². The largest absolute Gasteiger partial charge is 0.325 e. The van der Waals surface area contributed by atoms with E-state index < -0.39 is 0 Å². The molecule has 0 fully saturated rings. The number of thiazole rings is 1. The molecule has 3 rings (SSSR count). The van der Waals surface area contributed by atoms with Crippen LogP contribution in [0.25, 0.3) is 10.9 Å². The number of aromatic nitrogens is 3. The highest BCUT2D eigenvalue weighted by atomic mass is 32.1. The number of carbonyl (C=O) groups excluding carboxylic acids is 1. The van der Waals surface area contributed by atoms with E-state index in [-0.39, 0.29) is 5.91 Å². The number of para-hydroxylation sites is 1. The Morgan fingerprint density at radius 2 is 2.37 bits per heavy atom. The molecule has 3 aromatic rings. The third kappa shape index (κ3) is 2.20. The monoisotopic (exact) mass is 273 g/mol. The summed E-state index contributed by atoms with van der Waals surface area (Å²) in [5, 5.41) is 13.0. The summed E-state index contributed by atoms with van der Waals surface area (Å²) in [6.45, 7) is 0.341. The lowest BCUT2D eigenvalue weighted by Gasteiger charge is -2.04. The second-order valence-electron chi connectivity index (χ2n) is 3.92. The number of carbonyl (C=O) groups is 1. The van der Waals surface area contributed by atoms with Gasteiger partial charge in [-0.25, -0.2) is 4.98 Å². The molecule has 7 heteroatoms. The summed E-state index contributed by atoms with van der Waals surface area (Å²) in [5.74, 6) is -0.252. The summed E-state index contributed by atoms with van der Waals surface area (Å²) in [5.41, 5.74) is 7.34. The first kappa shape index (κ1) is 11.8. The van der Waals surface area contributed by atoms with Gasteiger partial charge in [0.25, 0.3) is 5.91 Å².